The van der Waals surface area contributed by atoms with E-state index in [1.165, 1.54) is 13.8 Å². The molecule has 6 nitrogen and oxygen atoms in total. The number of oxime groups is 2. The summed E-state index contributed by atoms with van der Waals surface area (Å²) >= 11 is 3.10. The van der Waals surface area contributed by atoms with Crippen molar-refractivity contribution in [2.45, 2.75) is 27.7 Å². The van der Waals surface area contributed by atoms with Crippen LogP contribution in [-0.4, -0.2) is 23.4 Å². The van der Waals surface area contributed by atoms with E-state index in [1.54, 1.807) is 36.5 Å². The molecule has 2 aromatic rings. The van der Waals surface area contributed by atoms with Gasteiger partial charge in [-0.3, -0.25) is 0 Å². The highest BCUT2D eigenvalue weighted by Crippen LogP contribution is 2.34. The molecule has 2 heterocycles. The molecule has 8 heteroatoms. The third-order valence-corrected chi connectivity index (χ3v) is 5.37. The largest absolute Gasteiger partial charge is 0.331 e. The molecule has 0 aliphatic heterocycles. The summed E-state index contributed by atoms with van der Waals surface area (Å²) in [5, 5.41) is 7.58. The predicted octanol–water partition coefficient (Wildman–Crippen LogP) is 4.05. The monoisotopic (exact) mass is 364 g/mol. The van der Waals surface area contributed by atoms with Gasteiger partial charge in [0.05, 0.1) is 21.2 Å². The molecule has 0 atom stereocenters. The summed E-state index contributed by atoms with van der Waals surface area (Å²) in [6.45, 7) is 6.19. The molecule has 0 aliphatic carbocycles. The van der Waals surface area contributed by atoms with Crippen molar-refractivity contribution in [3.8, 4) is 9.75 Å². The lowest BCUT2D eigenvalue weighted by Crippen LogP contribution is -1.97. The van der Waals surface area contributed by atoms with Crippen LogP contribution in [0.1, 0.15) is 37.4 Å². The Balaban J connectivity index is 2.16. The van der Waals surface area contributed by atoms with E-state index in [1.807, 2.05) is 24.3 Å². The van der Waals surface area contributed by atoms with E-state index < -0.39 is 11.9 Å². The number of nitrogens with zero attached hydrogens (tertiary/aromatic N) is 2. The molecule has 126 valence electrons. The fraction of sp³-hybridized carbons (Fsp3) is 0.250. The number of carbonyl (C=O) groups excluding carboxylic acids is 2. The second kappa shape index (κ2) is 7.98. The maximum absolute atomic E-state index is 10.8. The molecular weight excluding hydrogens is 348 g/mol. The first-order valence-corrected chi connectivity index (χ1v) is 8.65. The van der Waals surface area contributed by atoms with Crippen molar-refractivity contribution in [1.29, 1.82) is 0 Å². The summed E-state index contributed by atoms with van der Waals surface area (Å²) in [6, 6.07) is 7.84. The topological polar surface area (TPSA) is 77.3 Å². The summed E-state index contributed by atoms with van der Waals surface area (Å²) in [4.78, 5) is 34.9. The molecule has 0 amide bonds. The highest BCUT2D eigenvalue weighted by atomic mass is 32.1. The highest BCUT2D eigenvalue weighted by Gasteiger charge is 2.10. The molecule has 0 aromatic carbocycles. The van der Waals surface area contributed by atoms with Gasteiger partial charge in [0.1, 0.15) is 0 Å². The number of hydrogen-bond acceptors (Lipinski definition) is 8. The Labute approximate surface area is 147 Å². The van der Waals surface area contributed by atoms with Crippen LogP contribution in [0.25, 0.3) is 9.75 Å². The summed E-state index contributed by atoms with van der Waals surface area (Å²) in [6.07, 6.45) is 0. The molecule has 0 saturated heterocycles. The van der Waals surface area contributed by atoms with E-state index in [-0.39, 0.29) is 0 Å². The van der Waals surface area contributed by atoms with E-state index in [0.29, 0.717) is 11.4 Å². The van der Waals surface area contributed by atoms with Crippen molar-refractivity contribution in [3.05, 3.63) is 34.0 Å². The smallest absolute Gasteiger partial charge is 0.318 e. The third kappa shape index (κ3) is 4.84. The molecule has 0 saturated carbocycles. The standard InChI is InChI=1S/C16H16N2O4S2/c1-9(17-21-11(3)19)13-5-7-15(23-13)16-8-6-14(24-16)10(2)18-22-12(4)20/h5-8H,1-4H3/b17-9+,18-10+. The Hall–Kier alpha value is -2.32. The van der Waals surface area contributed by atoms with Gasteiger partial charge in [-0.05, 0) is 38.1 Å². The van der Waals surface area contributed by atoms with Gasteiger partial charge in [-0.15, -0.1) is 22.7 Å². The summed E-state index contributed by atoms with van der Waals surface area (Å²) in [7, 11) is 0. The molecule has 0 aliphatic rings. The Bertz CT molecular complexity index is 749. The van der Waals surface area contributed by atoms with Crippen molar-refractivity contribution >= 4 is 46.0 Å². The average molecular weight is 364 g/mol. The molecule has 0 bridgehead atoms. The summed E-state index contributed by atoms with van der Waals surface area (Å²) in [5.41, 5.74) is 1.29. The van der Waals surface area contributed by atoms with Gasteiger partial charge in [-0.1, -0.05) is 10.3 Å². The van der Waals surface area contributed by atoms with E-state index in [4.69, 9.17) is 0 Å². The zero-order valence-corrected chi connectivity index (χ0v) is 15.3. The van der Waals surface area contributed by atoms with E-state index >= 15 is 0 Å². The molecule has 0 fully saturated rings. The zero-order valence-electron chi connectivity index (χ0n) is 13.7. The molecule has 2 aromatic heterocycles. The van der Waals surface area contributed by atoms with Gasteiger partial charge in [0.15, 0.2) is 0 Å². The fourth-order valence-electron chi connectivity index (χ4n) is 1.68. The van der Waals surface area contributed by atoms with Gasteiger partial charge in [0.25, 0.3) is 0 Å². The number of thiophene rings is 2. The maximum atomic E-state index is 10.8. The van der Waals surface area contributed by atoms with Crippen LogP contribution in [-0.2, 0) is 19.3 Å². The minimum absolute atomic E-state index is 0.448. The Morgan fingerprint density at radius 2 is 1.12 bits per heavy atom. The molecule has 0 spiro atoms. The van der Waals surface area contributed by atoms with Crippen LogP contribution in [0.4, 0.5) is 0 Å². The lowest BCUT2D eigenvalue weighted by atomic mass is 10.3. The fourth-order valence-corrected chi connectivity index (χ4v) is 3.66. The van der Waals surface area contributed by atoms with E-state index in [9.17, 15) is 9.59 Å². The third-order valence-electron chi connectivity index (χ3n) is 2.79. The SMILES string of the molecule is CC(=O)O/N=C(\C)c1ccc(-c2ccc(/C(C)=N/OC(C)=O)s2)s1. The zero-order chi connectivity index (χ0) is 17.7. The average Bonchev–Trinajstić information content (AvgIpc) is 3.18. The minimum atomic E-state index is -0.448. The van der Waals surface area contributed by atoms with Gasteiger partial charge in [-0.2, -0.15) is 0 Å². The van der Waals surface area contributed by atoms with Crippen LogP contribution in [0.5, 0.6) is 0 Å². The van der Waals surface area contributed by atoms with E-state index in [0.717, 1.165) is 19.5 Å². The van der Waals surface area contributed by atoms with Crippen LogP contribution in [0.2, 0.25) is 0 Å². The van der Waals surface area contributed by atoms with E-state index in [2.05, 4.69) is 20.0 Å². The van der Waals surface area contributed by atoms with Crippen LogP contribution >= 0.6 is 22.7 Å². The first kappa shape index (κ1) is 18.0. The molecule has 2 rings (SSSR count). The second-order valence-electron chi connectivity index (χ2n) is 4.85. The highest BCUT2D eigenvalue weighted by molar-refractivity contribution is 7.23. The lowest BCUT2D eigenvalue weighted by Gasteiger charge is -1.96. The molecule has 24 heavy (non-hydrogen) atoms. The van der Waals surface area contributed by atoms with Gasteiger partial charge in [-0.25, -0.2) is 9.59 Å². The summed E-state index contributed by atoms with van der Waals surface area (Å²) in [5.74, 6) is -0.895. The maximum Gasteiger partial charge on any atom is 0.331 e. The molecule has 0 radical (unpaired) electrons. The van der Waals surface area contributed by atoms with Crippen LogP contribution in [0.3, 0.4) is 0 Å². The Morgan fingerprint density at radius 1 is 0.750 bits per heavy atom. The first-order valence-electron chi connectivity index (χ1n) is 7.02. The minimum Gasteiger partial charge on any atom is -0.318 e. The van der Waals surface area contributed by atoms with Crippen LogP contribution in [0.15, 0.2) is 34.6 Å². The van der Waals surface area contributed by atoms with Crippen molar-refractivity contribution in [1.82, 2.24) is 0 Å². The van der Waals surface area contributed by atoms with Crippen molar-refractivity contribution < 1.29 is 19.3 Å². The lowest BCUT2D eigenvalue weighted by molar-refractivity contribution is -0.141. The van der Waals surface area contributed by atoms with Crippen molar-refractivity contribution in [2.75, 3.05) is 0 Å². The number of carbonyl (C=O) groups is 2. The van der Waals surface area contributed by atoms with Crippen molar-refractivity contribution in [3.63, 3.8) is 0 Å². The van der Waals surface area contributed by atoms with Crippen molar-refractivity contribution in [2.24, 2.45) is 10.3 Å². The number of hydrogen-bond donors (Lipinski definition) is 0. The van der Waals surface area contributed by atoms with Crippen LogP contribution in [0, 0.1) is 0 Å². The molecule has 0 N–H and O–H groups in total. The quantitative estimate of drug-likeness (QED) is 0.455. The predicted molar refractivity (Wildman–Crippen MR) is 95.6 cm³/mol. The molecule has 0 unspecified atom stereocenters. The normalized spacial score (nSPS) is 12.2. The first-order chi connectivity index (χ1) is 11.4. The number of rotatable bonds is 5. The molecular formula is C16H16N2O4S2. The second-order valence-corrected chi connectivity index (χ2v) is 7.01. The van der Waals surface area contributed by atoms with Gasteiger partial charge in [0, 0.05) is 23.6 Å². The Morgan fingerprint density at radius 3 is 1.46 bits per heavy atom. The van der Waals surface area contributed by atoms with Gasteiger partial charge >= 0.3 is 11.9 Å². The van der Waals surface area contributed by atoms with Crippen LogP contribution < -0.4 is 0 Å². The Kier molecular flexibility index (Phi) is 5.99. The summed E-state index contributed by atoms with van der Waals surface area (Å²) < 4.78 is 0. The van der Waals surface area contributed by atoms with Gasteiger partial charge < -0.3 is 9.68 Å². The van der Waals surface area contributed by atoms with Gasteiger partial charge in [0.2, 0.25) is 0 Å².